The van der Waals surface area contributed by atoms with E-state index >= 15 is 0 Å². The molecule has 6 heteroatoms. The summed E-state index contributed by atoms with van der Waals surface area (Å²) in [5, 5.41) is 4.39. The average Bonchev–Trinajstić information content (AvgIpc) is 2.69. The number of hydrogen-bond donors (Lipinski definition) is 0. The number of sulfone groups is 1. The maximum Gasteiger partial charge on any atom is 0.154 e. The van der Waals surface area contributed by atoms with Crippen molar-refractivity contribution >= 4 is 9.84 Å². The fourth-order valence-electron chi connectivity index (χ4n) is 3.07. The van der Waals surface area contributed by atoms with Crippen LogP contribution in [-0.4, -0.2) is 47.2 Å². The van der Waals surface area contributed by atoms with Crippen LogP contribution >= 0.6 is 0 Å². The van der Waals surface area contributed by atoms with Crippen molar-refractivity contribution in [2.45, 2.75) is 51.8 Å². The third kappa shape index (κ3) is 3.48. The van der Waals surface area contributed by atoms with Crippen LogP contribution < -0.4 is 0 Å². The molecule has 0 bridgehead atoms. The third-order valence-corrected chi connectivity index (χ3v) is 6.78. The third-order valence-electron chi connectivity index (χ3n) is 4.57. The first kappa shape index (κ1) is 16.5. The summed E-state index contributed by atoms with van der Waals surface area (Å²) >= 11 is 0. The van der Waals surface area contributed by atoms with Crippen molar-refractivity contribution in [2.75, 3.05) is 18.8 Å². The Bertz CT molecular complexity index is 592. The van der Waals surface area contributed by atoms with Gasteiger partial charge in [0.1, 0.15) is 0 Å². The van der Waals surface area contributed by atoms with Crippen molar-refractivity contribution in [3.8, 4) is 0 Å². The van der Waals surface area contributed by atoms with Crippen LogP contribution in [0.1, 0.15) is 44.1 Å². The van der Waals surface area contributed by atoms with Gasteiger partial charge in [-0.25, -0.2) is 8.42 Å². The molecule has 0 N–H and O–H groups in total. The van der Waals surface area contributed by atoms with Gasteiger partial charge in [0.05, 0.1) is 16.7 Å². The Kier molecular flexibility index (Phi) is 5.09. The maximum atomic E-state index is 12.0. The Labute approximate surface area is 128 Å². The minimum absolute atomic E-state index is 0.215. The second-order valence-electron chi connectivity index (χ2n) is 5.95. The molecular weight excluding hydrogens is 286 g/mol. The van der Waals surface area contributed by atoms with Gasteiger partial charge in [-0.05, 0) is 32.7 Å². The van der Waals surface area contributed by atoms with Crippen LogP contribution in [0.25, 0.3) is 0 Å². The zero-order chi connectivity index (χ0) is 15.6. The van der Waals surface area contributed by atoms with Gasteiger partial charge in [0.15, 0.2) is 9.84 Å². The van der Waals surface area contributed by atoms with Crippen LogP contribution in [0.15, 0.2) is 0 Å². The molecule has 0 aliphatic carbocycles. The van der Waals surface area contributed by atoms with Crippen molar-refractivity contribution in [2.24, 2.45) is 7.05 Å². The molecule has 1 aromatic heterocycles. The number of hydrogen-bond acceptors (Lipinski definition) is 4. The van der Waals surface area contributed by atoms with Gasteiger partial charge in [-0.1, -0.05) is 13.8 Å². The molecule has 0 spiro atoms. The Hall–Kier alpha value is -0.880. The quantitative estimate of drug-likeness (QED) is 0.846. The van der Waals surface area contributed by atoms with Crippen molar-refractivity contribution in [3.63, 3.8) is 0 Å². The molecule has 1 aliphatic heterocycles. The molecule has 1 aromatic rings. The predicted octanol–water partition coefficient (Wildman–Crippen LogP) is 1.55. The van der Waals surface area contributed by atoms with E-state index in [9.17, 15) is 8.42 Å². The minimum atomic E-state index is -2.91. The smallest absolute Gasteiger partial charge is 0.154 e. The second kappa shape index (κ2) is 6.48. The number of rotatable bonds is 4. The molecule has 2 heterocycles. The topological polar surface area (TPSA) is 55.2 Å². The van der Waals surface area contributed by atoms with Gasteiger partial charge >= 0.3 is 0 Å². The first-order valence-corrected chi connectivity index (χ1v) is 9.58. The van der Waals surface area contributed by atoms with E-state index in [4.69, 9.17) is 0 Å². The van der Waals surface area contributed by atoms with Crippen LogP contribution in [0.3, 0.4) is 0 Å². The molecule has 21 heavy (non-hydrogen) atoms. The molecule has 1 saturated heterocycles. The van der Waals surface area contributed by atoms with E-state index in [2.05, 4.69) is 23.8 Å². The lowest BCUT2D eigenvalue weighted by Gasteiger charge is -2.20. The highest BCUT2D eigenvalue weighted by atomic mass is 32.2. The number of aromatic nitrogens is 2. The van der Waals surface area contributed by atoms with Gasteiger partial charge in [-0.2, -0.15) is 5.10 Å². The first-order valence-electron chi connectivity index (χ1n) is 7.86. The maximum absolute atomic E-state index is 12.0. The number of aryl methyl sites for hydroxylation is 2. The van der Waals surface area contributed by atoms with Crippen LogP contribution in [0, 0.1) is 0 Å². The number of nitrogens with zero attached hydrogens (tertiary/aromatic N) is 3. The van der Waals surface area contributed by atoms with E-state index < -0.39 is 9.84 Å². The summed E-state index contributed by atoms with van der Waals surface area (Å²) in [4.78, 5) is 2.27. The Morgan fingerprint density at radius 2 is 1.95 bits per heavy atom. The molecule has 0 aromatic carbocycles. The van der Waals surface area contributed by atoms with E-state index in [0.29, 0.717) is 6.54 Å². The molecule has 0 unspecified atom stereocenters. The minimum Gasteiger partial charge on any atom is -0.298 e. The van der Waals surface area contributed by atoms with Crippen molar-refractivity contribution in [3.05, 3.63) is 17.0 Å². The zero-order valence-corrected chi connectivity index (χ0v) is 14.4. The Morgan fingerprint density at radius 3 is 2.57 bits per heavy atom. The van der Waals surface area contributed by atoms with E-state index in [1.54, 1.807) is 0 Å². The van der Waals surface area contributed by atoms with Gasteiger partial charge in [-0.15, -0.1) is 0 Å². The van der Waals surface area contributed by atoms with Gasteiger partial charge in [-0.3, -0.25) is 9.58 Å². The van der Waals surface area contributed by atoms with Crippen molar-refractivity contribution in [1.29, 1.82) is 0 Å². The lowest BCUT2D eigenvalue weighted by Crippen LogP contribution is -2.27. The van der Waals surface area contributed by atoms with Crippen LogP contribution in [0.5, 0.6) is 0 Å². The SMILES string of the molecule is CCc1nn(C)c(CC)c1CN1CC[C@@H](C)S(=O)(=O)CC1. The van der Waals surface area contributed by atoms with Gasteiger partial charge in [0.2, 0.25) is 0 Å². The summed E-state index contributed by atoms with van der Waals surface area (Å²) in [6.45, 7) is 8.41. The highest BCUT2D eigenvalue weighted by Gasteiger charge is 2.27. The van der Waals surface area contributed by atoms with Crippen LogP contribution in [-0.2, 0) is 36.3 Å². The van der Waals surface area contributed by atoms with Gasteiger partial charge in [0.25, 0.3) is 0 Å². The van der Waals surface area contributed by atoms with E-state index in [0.717, 1.165) is 38.0 Å². The van der Waals surface area contributed by atoms with E-state index in [1.807, 2.05) is 18.7 Å². The molecule has 5 nitrogen and oxygen atoms in total. The molecule has 0 radical (unpaired) electrons. The summed E-state index contributed by atoms with van der Waals surface area (Å²) in [7, 11) is -0.915. The monoisotopic (exact) mass is 313 g/mol. The molecule has 1 aliphatic rings. The summed E-state index contributed by atoms with van der Waals surface area (Å²) in [6.07, 6.45) is 2.61. The van der Waals surface area contributed by atoms with Crippen LogP contribution in [0.4, 0.5) is 0 Å². The molecule has 120 valence electrons. The summed E-state index contributed by atoms with van der Waals surface area (Å²) in [5.74, 6) is 0.275. The summed E-state index contributed by atoms with van der Waals surface area (Å²) < 4.78 is 26.0. The summed E-state index contributed by atoms with van der Waals surface area (Å²) in [6, 6.07) is 0. The molecule has 2 rings (SSSR count). The largest absolute Gasteiger partial charge is 0.298 e. The molecule has 1 fully saturated rings. The normalized spacial score (nSPS) is 23.1. The van der Waals surface area contributed by atoms with E-state index in [1.165, 1.54) is 11.3 Å². The van der Waals surface area contributed by atoms with Gasteiger partial charge < -0.3 is 0 Å². The molecule has 0 amide bonds. The fourth-order valence-corrected chi connectivity index (χ4v) is 4.45. The zero-order valence-electron chi connectivity index (χ0n) is 13.6. The Balaban J connectivity index is 2.19. The average molecular weight is 313 g/mol. The van der Waals surface area contributed by atoms with Crippen LogP contribution in [0.2, 0.25) is 0 Å². The van der Waals surface area contributed by atoms with Gasteiger partial charge in [0, 0.05) is 31.4 Å². The molecule has 0 saturated carbocycles. The van der Waals surface area contributed by atoms with Crippen molar-refractivity contribution < 1.29 is 8.42 Å². The molecular formula is C15H27N3O2S. The Morgan fingerprint density at radius 1 is 1.24 bits per heavy atom. The summed E-state index contributed by atoms with van der Waals surface area (Å²) in [5.41, 5.74) is 3.72. The predicted molar refractivity (Wildman–Crippen MR) is 85.1 cm³/mol. The lowest BCUT2D eigenvalue weighted by atomic mass is 10.1. The highest BCUT2D eigenvalue weighted by Crippen LogP contribution is 2.20. The lowest BCUT2D eigenvalue weighted by molar-refractivity contribution is 0.282. The molecule has 1 atom stereocenters. The first-order chi connectivity index (χ1) is 9.89. The van der Waals surface area contributed by atoms with E-state index in [-0.39, 0.29) is 11.0 Å². The standard InChI is InChI=1S/C15H27N3O2S/c1-5-14-13(15(6-2)17(4)16-14)11-18-8-7-12(3)21(19,20)10-9-18/h12H,5-11H2,1-4H3/t12-/m1/s1. The second-order valence-corrected chi connectivity index (χ2v) is 8.48. The highest BCUT2D eigenvalue weighted by molar-refractivity contribution is 7.92. The fraction of sp³-hybridized carbons (Fsp3) is 0.800. The van der Waals surface area contributed by atoms with Crippen molar-refractivity contribution in [1.82, 2.24) is 14.7 Å².